The maximum atomic E-state index is 13.2. The van der Waals surface area contributed by atoms with Gasteiger partial charge in [0.1, 0.15) is 5.82 Å². The Bertz CT molecular complexity index is 419. The molecule has 20 heavy (non-hydrogen) atoms. The molecule has 1 aliphatic rings. The van der Waals surface area contributed by atoms with Crippen LogP contribution >= 0.6 is 15.9 Å². The first-order chi connectivity index (χ1) is 9.69. The third-order valence-corrected chi connectivity index (χ3v) is 4.96. The van der Waals surface area contributed by atoms with Crippen molar-refractivity contribution in [2.75, 3.05) is 0 Å². The lowest BCUT2D eigenvalue weighted by Crippen LogP contribution is -2.37. The second kappa shape index (κ2) is 8.11. The molecule has 1 aromatic rings. The van der Waals surface area contributed by atoms with Gasteiger partial charge in [0.05, 0.1) is 4.47 Å². The van der Waals surface area contributed by atoms with E-state index in [1.807, 2.05) is 12.1 Å². The Hall–Kier alpha value is -0.450. The summed E-state index contributed by atoms with van der Waals surface area (Å²) in [5.41, 5.74) is 4.03. The number of hydrazine groups is 1. The number of nitrogens with two attached hydrogens (primary N) is 1. The Labute approximate surface area is 129 Å². The second-order valence-corrected chi connectivity index (χ2v) is 6.75. The van der Waals surface area contributed by atoms with Crippen molar-refractivity contribution < 1.29 is 4.39 Å². The van der Waals surface area contributed by atoms with Gasteiger partial charge >= 0.3 is 0 Å². The number of halogens is 2. The van der Waals surface area contributed by atoms with E-state index in [1.165, 1.54) is 44.6 Å². The van der Waals surface area contributed by atoms with E-state index in [9.17, 15) is 4.39 Å². The zero-order valence-electron chi connectivity index (χ0n) is 11.9. The van der Waals surface area contributed by atoms with Crippen LogP contribution in [-0.2, 0) is 6.42 Å². The summed E-state index contributed by atoms with van der Waals surface area (Å²) in [7, 11) is 0. The van der Waals surface area contributed by atoms with Crippen LogP contribution in [0.1, 0.15) is 50.5 Å². The van der Waals surface area contributed by atoms with Crippen molar-refractivity contribution >= 4 is 15.9 Å². The zero-order chi connectivity index (χ0) is 14.4. The maximum absolute atomic E-state index is 13.2. The summed E-state index contributed by atoms with van der Waals surface area (Å²) in [6, 6.07) is 5.47. The van der Waals surface area contributed by atoms with Crippen molar-refractivity contribution in [2.24, 2.45) is 11.8 Å². The van der Waals surface area contributed by atoms with E-state index in [1.54, 1.807) is 0 Å². The van der Waals surface area contributed by atoms with Crippen LogP contribution in [-0.4, -0.2) is 6.04 Å². The van der Waals surface area contributed by atoms with Gasteiger partial charge in [0, 0.05) is 6.04 Å². The molecule has 1 saturated carbocycles. The van der Waals surface area contributed by atoms with E-state index >= 15 is 0 Å². The van der Waals surface area contributed by atoms with Gasteiger partial charge in [-0.2, -0.15) is 0 Å². The molecule has 2 nitrogen and oxygen atoms in total. The van der Waals surface area contributed by atoms with Gasteiger partial charge in [0.25, 0.3) is 0 Å². The highest BCUT2D eigenvalue weighted by Crippen LogP contribution is 2.28. The number of nitrogens with one attached hydrogen (secondary N) is 1. The summed E-state index contributed by atoms with van der Waals surface area (Å²) < 4.78 is 13.7. The van der Waals surface area contributed by atoms with Crippen LogP contribution in [0.3, 0.4) is 0 Å². The molecule has 2 rings (SSSR count). The molecule has 1 atom stereocenters. The standard InChI is InChI=1S/C16H24BrFN2/c17-15-11-13(7-9-16(15)18)10-14(20-19)8-6-12-4-2-1-3-5-12/h7,9,11-12,14,20H,1-6,8,10,19H2. The molecule has 0 heterocycles. The zero-order valence-corrected chi connectivity index (χ0v) is 13.5. The van der Waals surface area contributed by atoms with E-state index < -0.39 is 0 Å². The first-order valence-electron chi connectivity index (χ1n) is 7.59. The van der Waals surface area contributed by atoms with Gasteiger partial charge in [-0.15, -0.1) is 0 Å². The third kappa shape index (κ3) is 4.83. The van der Waals surface area contributed by atoms with E-state index in [4.69, 9.17) is 5.84 Å². The molecule has 0 radical (unpaired) electrons. The summed E-state index contributed by atoms with van der Waals surface area (Å²) in [6.45, 7) is 0. The fourth-order valence-electron chi connectivity index (χ4n) is 3.11. The molecule has 3 N–H and O–H groups in total. The SMILES string of the molecule is NNC(CCC1CCCCC1)Cc1ccc(F)c(Br)c1. The van der Waals surface area contributed by atoms with Crippen LogP contribution in [0.4, 0.5) is 4.39 Å². The fourth-order valence-corrected chi connectivity index (χ4v) is 3.53. The Morgan fingerprint density at radius 3 is 2.70 bits per heavy atom. The summed E-state index contributed by atoms with van der Waals surface area (Å²) >= 11 is 3.23. The molecule has 112 valence electrons. The van der Waals surface area contributed by atoms with Crippen LogP contribution in [0.25, 0.3) is 0 Å². The van der Waals surface area contributed by atoms with Crippen molar-refractivity contribution in [1.82, 2.24) is 5.43 Å². The predicted molar refractivity (Wildman–Crippen MR) is 84.7 cm³/mol. The molecule has 1 aliphatic carbocycles. The van der Waals surface area contributed by atoms with Gasteiger partial charge < -0.3 is 0 Å². The van der Waals surface area contributed by atoms with Gasteiger partial charge in [-0.05, 0) is 58.8 Å². The average Bonchev–Trinajstić information content (AvgIpc) is 2.48. The molecule has 4 heteroatoms. The van der Waals surface area contributed by atoms with Crippen LogP contribution in [0.15, 0.2) is 22.7 Å². The summed E-state index contributed by atoms with van der Waals surface area (Å²) in [4.78, 5) is 0. The summed E-state index contributed by atoms with van der Waals surface area (Å²) in [5.74, 6) is 6.33. The van der Waals surface area contributed by atoms with E-state index in [2.05, 4.69) is 21.4 Å². The largest absolute Gasteiger partial charge is 0.271 e. The molecule has 0 aromatic heterocycles. The minimum absolute atomic E-state index is 0.215. The quantitative estimate of drug-likeness (QED) is 0.596. The molecule has 1 fully saturated rings. The van der Waals surface area contributed by atoms with E-state index in [0.29, 0.717) is 4.47 Å². The lowest BCUT2D eigenvalue weighted by atomic mass is 9.84. The van der Waals surface area contributed by atoms with Crippen LogP contribution in [0.5, 0.6) is 0 Å². The monoisotopic (exact) mass is 342 g/mol. The highest BCUT2D eigenvalue weighted by molar-refractivity contribution is 9.10. The van der Waals surface area contributed by atoms with Crippen molar-refractivity contribution in [3.63, 3.8) is 0 Å². The Balaban J connectivity index is 1.83. The first kappa shape index (κ1) is 15.9. The molecular weight excluding hydrogens is 319 g/mol. The van der Waals surface area contributed by atoms with Crippen molar-refractivity contribution in [1.29, 1.82) is 0 Å². The predicted octanol–water partition coefficient (Wildman–Crippen LogP) is 4.32. The van der Waals surface area contributed by atoms with Crippen molar-refractivity contribution in [2.45, 2.75) is 57.4 Å². The lowest BCUT2D eigenvalue weighted by molar-refractivity contribution is 0.313. The fraction of sp³-hybridized carbons (Fsp3) is 0.625. The second-order valence-electron chi connectivity index (χ2n) is 5.90. The Morgan fingerprint density at radius 2 is 2.05 bits per heavy atom. The van der Waals surface area contributed by atoms with Crippen molar-refractivity contribution in [3.8, 4) is 0 Å². The minimum atomic E-state index is -0.215. The minimum Gasteiger partial charge on any atom is -0.271 e. The number of hydrogen-bond donors (Lipinski definition) is 2. The van der Waals surface area contributed by atoms with Gasteiger partial charge in [-0.25, -0.2) is 4.39 Å². The normalized spacial score (nSPS) is 18.1. The number of rotatable bonds is 6. The topological polar surface area (TPSA) is 38.0 Å². The Kier molecular flexibility index (Phi) is 6.46. The summed E-state index contributed by atoms with van der Waals surface area (Å²) in [6.07, 6.45) is 10.1. The van der Waals surface area contributed by atoms with Gasteiger partial charge in [0.15, 0.2) is 0 Å². The van der Waals surface area contributed by atoms with Crippen molar-refractivity contribution in [3.05, 3.63) is 34.1 Å². The van der Waals surface area contributed by atoms with Crippen LogP contribution in [0, 0.1) is 11.7 Å². The molecule has 0 saturated heterocycles. The highest BCUT2D eigenvalue weighted by Gasteiger charge is 2.16. The summed E-state index contributed by atoms with van der Waals surface area (Å²) in [5, 5.41) is 0. The number of hydrogen-bond acceptors (Lipinski definition) is 2. The molecule has 1 unspecified atom stereocenters. The highest BCUT2D eigenvalue weighted by atomic mass is 79.9. The number of benzene rings is 1. The molecule has 0 amide bonds. The van der Waals surface area contributed by atoms with Crippen LogP contribution in [0.2, 0.25) is 0 Å². The maximum Gasteiger partial charge on any atom is 0.137 e. The Morgan fingerprint density at radius 1 is 1.30 bits per heavy atom. The third-order valence-electron chi connectivity index (χ3n) is 4.35. The van der Waals surface area contributed by atoms with E-state index in [0.717, 1.165) is 24.3 Å². The molecule has 1 aromatic carbocycles. The average molecular weight is 343 g/mol. The van der Waals surface area contributed by atoms with E-state index in [-0.39, 0.29) is 11.9 Å². The molecule has 0 bridgehead atoms. The van der Waals surface area contributed by atoms with Gasteiger partial charge in [-0.3, -0.25) is 11.3 Å². The van der Waals surface area contributed by atoms with Gasteiger partial charge in [-0.1, -0.05) is 38.2 Å². The lowest BCUT2D eigenvalue weighted by Gasteiger charge is -2.24. The molecule has 0 aliphatic heterocycles. The van der Waals surface area contributed by atoms with Crippen LogP contribution < -0.4 is 11.3 Å². The molecule has 0 spiro atoms. The smallest absolute Gasteiger partial charge is 0.137 e. The first-order valence-corrected chi connectivity index (χ1v) is 8.38. The molecular formula is C16H24BrFN2. The van der Waals surface area contributed by atoms with Gasteiger partial charge in [0.2, 0.25) is 0 Å².